The van der Waals surface area contributed by atoms with Crippen LogP contribution in [0.5, 0.6) is 5.75 Å². The van der Waals surface area contributed by atoms with E-state index in [2.05, 4.69) is 20.4 Å². The van der Waals surface area contributed by atoms with E-state index in [1.807, 2.05) is 29.6 Å². The third kappa shape index (κ3) is 4.27. The van der Waals surface area contributed by atoms with Gasteiger partial charge in [0.25, 0.3) is 0 Å². The van der Waals surface area contributed by atoms with Crippen molar-refractivity contribution < 1.29 is 17.9 Å². The summed E-state index contributed by atoms with van der Waals surface area (Å²) in [5.41, 5.74) is 1.15. The monoisotopic (exact) mass is 417 g/mol. The lowest BCUT2D eigenvalue weighted by Gasteiger charge is -2.06. The maximum Gasteiger partial charge on any atom is 0.416 e. The third-order valence-electron chi connectivity index (χ3n) is 4.07. The van der Waals surface area contributed by atoms with E-state index in [0.29, 0.717) is 0 Å². The molecule has 29 heavy (non-hydrogen) atoms. The second-order valence-corrected chi connectivity index (χ2v) is 6.96. The highest BCUT2D eigenvalue weighted by molar-refractivity contribution is 7.13. The smallest absolute Gasteiger partial charge is 0.416 e. The normalized spacial score (nSPS) is 11.6. The maximum atomic E-state index is 12.9. The Morgan fingerprint density at radius 2 is 1.86 bits per heavy atom. The van der Waals surface area contributed by atoms with Crippen LogP contribution in [0.15, 0.2) is 53.9 Å². The first-order chi connectivity index (χ1) is 13.9. The number of hydrogen-bond acceptors (Lipinski definition) is 6. The van der Waals surface area contributed by atoms with Gasteiger partial charge in [0.15, 0.2) is 0 Å². The fourth-order valence-corrected chi connectivity index (χ4v) is 3.48. The van der Waals surface area contributed by atoms with Crippen LogP contribution in [-0.2, 0) is 12.7 Å². The molecular weight excluding hydrogens is 403 g/mol. The number of ether oxygens (including phenoxy) is 1. The van der Waals surface area contributed by atoms with Gasteiger partial charge in [0.1, 0.15) is 17.3 Å². The summed E-state index contributed by atoms with van der Waals surface area (Å²) < 4.78 is 43.9. The summed E-state index contributed by atoms with van der Waals surface area (Å²) in [4.78, 5) is 5.87. The Bertz CT molecular complexity index is 1140. The molecule has 4 aromatic rings. The number of alkyl halides is 3. The topological polar surface area (TPSA) is 65.7 Å². The molecule has 2 aromatic carbocycles. The molecule has 0 bridgehead atoms. The van der Waals surface area contributed by atoms with Crippen LogP contribution >= 0.6 is 11.3 Å². The third-order valence-corrected chi connectivity index (χ3v) is 5.01. The Labute approximate surface area is 167 Å². The Kier molecular flexibility index (Phi) is 5.01. The van der Waals surface area contributed by atoms with Gasteiger partial charge in [0, 0.05) is 16.5 Å². The minimum absolute atomic E-state index is 0.124. The van der Waals surface area contributed by atoms with Crippen molar-refractivity contribution in [2.45, 2.75) is 12.7 Å². The Balaban J connectivity index is 1.52. The van der Waals surface area contributed by atoms with E-state index in [9.17, 15) is 13.2 Å². The van der Waals surface area contributed by atoms with Crippen LogP contribution in [0.4, 0.5) is 13.2 Å². The molecule has 0 spiro atoms. The van der Waals surface area contributed by atoms with E-state index in [1.165, 1.54) is 28.3 Å². The Hall–Kier alpha value is -3.27. The lowest BCUT2D eigenvalue weighted by atomic mass is 10.1. The molecule has 148 valence electrons. The molecule has 0 fully saturated rings. The maximum absolute atomic E-state index is 12.9. The van der Waals surface area contributed by atoms with Crippen LogP contribution in [0.1, 0.15) is 11.3 Å². The molecule has 6 nitrogen and oxygen atoms in total. The van der Waals surface area contributed by atoms with Crippen LogP contribution in [0, 0.1) is 0 Å². The van der Waals surface area contributed by atoms with Crippen molar-refractivity contribution in [1.82, 2.24) is 25.2 Å². The summed E-state index contributed by atoms with van der Waals surface area (Å²) in [6, 6.07) is 12.4. The molecule has 4 rings (SSSR count). The number of hydrogen-bond donors (Lipinski definition) is 0. The van der Waals surface area contributed by atoms with Crippen LogP contribution in [-0.4, -0.2) is 32.3 Å². The molecule has 0 radical (unpaired) electrons. The molecular formula is C19H14F3N5OS. The van der Waals surface area contributed by atoms with Gasteiger partial charge >= 0.3 is 6.18 Å². The second kappa shape index (κ2) is 7.63. The molecule has 0 atom stereocenters. The van der Waals surface area contributed by atoms with Crippen LogP contribution in [0.3, 0.4) is 0 Å². The van der Waals surface area contributed by atoms with Crippen molar-refractivity contribution in [3.63, 3.8) is 0 Å². The van der Waals surface area contributed by atoms with E-state index < -0.39 is 11.7 Å². The molecule has 0 aliphatic carbocycles. The van der Waals surface area contributed by atoms with Crippen molar-refractivity contribution in [2.75, 3.05) is 7.11 Å². The molecule has 0 amide bonds. The molecule has 0 N–H and O–H groups in total. The van der Waals surface area contributed by atoms with Crippen molar-refractivity contribution in [1.29, 1.82) is 0 Å². The molecule has 2 heterocycles. The van der Waals surface area contributed by atoms with Gasteiger partial charge in [-0.25, -0.2) is 4.98 Å². The van der Waals surface area contributed by atoms with Crippen molar-refractivity contribution in [2.24, 2.45) is 0 Å². The quantitative estimate of drug-likeness (QED) is 0.477. The first-order valence-electron chi connectivity index (χ1n) is 8.46. The minimum atomic E-state index is -4.43. The van der Waals surface area contributed by atoms with Crippen molar-refractivity contribution in [3.8, 4) is 27.7 Å². The predicted octanol–water partition coefficient (Wildman–Crippen LogP) is 4.54. The largest absolute Gasteiger partial charge is 0.497 e. The number of rotatable bonds is 5. The highest BCUT2D eigenvalue weighted by Gasteiger charge is 2.30. The zero-order valence-corrected chi connectivity index (χ0v) is 15.9. The van der Waals surface area contributed by atoms with Crippen LogP contribution in [0.2, 0.25) is 0 Å². The summed E-state index contributed by atoms with van der Waals surface area (Å²) >= 11 is 1.47. The number of aromatic nitrogens is 5. The van der Waals surface area contributed by atoms with Crippen molar-refractivity contribution in [3.05, 3.63) is 65.2 Å². The van der Waals surface area contributed by atoms with Gasteiger partial charge in [0.2, 0.25) is 5.82 Å². The number of tetrazole rings is 1. The number of methoxy groups -OCH3 is 1. The number of halogens is 3. The minimum Gasteiger partial charge on any atom is -0.497 e. The first kappa shape index (κ1) is 19.1. The molecule has 0 aliphatic rings. The fourth-order valence-electron chi connectivity index (χ4n) is 2.67. The molecule has 0 unspecified atom stereocenters. The molecule has 2 aromatic heterocycles. The second-order valence-electron chi connectivity index (χ2n) is 6.10. The lowest BCUT2D eigenvalue weighted by Crippen LogP contribution is -2.05. The zero-order chi connectivity index (χ0) is 20.4. The summed E-state index contributed by atoms with van der Waals surface area (Å²) in [6.07, 6.45) is -4.43. The van der Waals surface area contributed by atoms with Gasteiger partial charge in [0.05, 0.1) is 18.4 Å². The van der Waals surface area contributed by atoms with E-state index in [0.717, 1.165) is 34.1 Å². The van der Waals surface area contributed by atoms with Gasteiger partial charge in [-0.1, -0.05) is 24.3 Å². The SMILES string of the molecule is COc1cccc(-c2nc(Cn3nnc(-c4cccc(C(F)(F)F)c4)n3)cs2)c1. The van der Waals surface area contributed by atoms with Crippen LogP contribution in [0.25, 0.3) is 22.0 Å². The van der Waals surface area contributed by atoms with Crippen LogP contribution < -0.4 is 4.74 Å². The van der Waals surface area contributed by atoms with E-state index in [1.54, 1.807) is 7.11 Å². The van der Waals surface area contributed by atoms with Gasteiger partial charge < -0.3 is 4.74 Å². The summed E-state index contributed by atoms with van der Waals surface area (Å²) in [5.74, 6) is 0.863. The van der Waals surface area contributed by atoms with E-state index in [4.69, 9.17) is 4.74 Å². The number of benzene rings is 2. The highest BCUT2D eigenvalue weighted by Crippen LogP contribution is 2.31. The van der Waals surface area contributed by atoms with E-state index in [-0.39, 0.29) is 17.9 Å². The lowest BCUT2D eigenvalue weighted by molar-refractivity contribution is -0.137. The average Bonchev–Trinajstić information content (AvgIpc) is 3.38. The summed E-state index contributed by atoms with van der Waals surface area (Å²) in [5, 5.41) is 14.7. The summed E-state index contributed by atoms with van der Waals surface area (Å²) in [6.45, 7) is 0.256. The molecule has 0 saturated heterocycles. The van der Waals surface area contributed by atoms with Gasteiger partial charge in [-0.05, 0) is 29.5 Å². The number of nitrogens with zero attached hydrogens (tertiary/aromatic N) is 5. The Morgan fingerprint density at radius 1 is 1.07 bits per heavy atom. The predicted molar refractivity (Wildman–Crippen MR) is 101 cm³/mol. The standard InChI is InChI=1S/C19H14F3N5OS/c1-28-16-7-3-5-13(9-16)18-23-15(11-29-18)10-27-25-17(24-26-27)12-4-2-6-14(8-12)19(20,21)22/h2-9,11H,10H2,1H3. The molecule has 0 saturated carbocycles. The zero-order valence-electron chi connectivity index (χ0n) is 15.1. The average molecular weight is 417 g/mol. The fraction of sp³-hybridized carbons (Fsp3) is 0.158. The van der Waals surface area contributed by atoms with Gasteiger partial charge in [-0.2, -0.15) is 18.0 Å². The van der Waals surface area contributed by atoms with Gasteiger partial charge in [-0.15, -0.1) is 21.5 Å². The summed E-state index contributed by atoms with van der Waals surface area (Å²) in [7, 11) is 1.60. The number of thiazole rings is 1. The first-order valence-corrected chi connectivity index (χ1v) is 9.34. The van der Waals surface area contributed by atoms with Gasteiger partial charge in [-0.3, -0.25) is 0 Å². The molecule has 10 heteroatoms. The van der Waals surface area contributed by atoms with E-state index >= 15 is 0 Å². The highest BCUT2D eigenvalue weighted by atomic mass is 32.1. The molecule has 0 aliphatic heterocycles. The van der Waals surface area contributed by atoms with Crippen molar-refractivity contribution >= 4 is 11.3 Å². The Morgan fingerprint density at radius 3 is 2.66 bits per heavy atom.